The second-order valence-corrected chi connectivity index (χ2v) is 5.54. The molecule has 0 aromatic carbocycles. The first kappa shape index (κ1) is 15.5. The van der Waals surface area contributed by atoms with E-state index in [1.807, 2.05) is 20.1 Å². The summed E-state index contributed by atoms with van der Waals surface area (Å²) in [6.07, 6.45) is 1.82. The monoisotopic (exact) mass is 307 g/mol. The average molecular weight is 307 g/mol. The molecule has 0 aliphatic rings. The van der Waals surface area contributed by atoms with Crippen LogP contribution in [0.5, 0.6) is 0 Å². The van der Waals surface area contributed by atoms with Crippen LogP contribution in [-0.2, 0) is 4.74 Å². The predicted octanol–water partition coefficient (Wildman–Crippen LogP) is 2.34. The van der Waals surface area contributed by atoms with Gasteiger partial charge in [-0.05, 0) is 25.2 Å². The number of thioether (sulfide) groups is 1. The second kappa shape index (κ2) is 6.26. The lowest BCUT2D eigenvalue weighted by atomic mass is 10.0. The third kappa shape index (κ3) is 3.07. The molecular formula is C14H17N3O3S. The van der Waals surface area contributed by atoms with Gasteiger partial charge in [0.1, 0.15) is 0 Å². The smallest absolute Gasteiger partial charge is 0.340 e. The van der Waals surface area contributed by atoms with Crippen molar-refractivity contribution in [2.45, 2.75) is 31.8 Å². The van der Waals surface area contributed by atoms with Crippen molar-refractivity contribution in [3.8, 4) is 0 Å². The van der Waals surface area contributed by atoms with E-state index in [4.69, 9.17) is 4.74 Å². The Bertz CT molecular complexity index is 740. The first-order chi connectivity index (χ1) is 9.97. The molecule has 0 aliphatic carbocycles. The number of esters is 1. The van der Waals surface area contributed by atoms with E-state index >= 15 is 0 Å². The van der Waals surface area contributed by atoms with Crippen LogP contribution < -0.4 is 5.56 Å². The summed E-state index contributed by atoms with van der Waals surface area (Å²) in [5, 5.41) is 0.791. The zero-order valence-electron chi connectivity index (χ0n) is 12.4. The Labute approximate surface area is 126 Å². The van der Waals surface area contributed by atoms with Crippen molar-refractivity contribution >= 4 is 28.8 Å². The van der Waals surface area contributed by atoms with E-state index in [0.717, 1.165) is 0 Å². The van der Waals surface area contributed by atoms with Crippen molar-refractivity contribution in [3.05, 3.63) is 27.7 Å². The highest BCUT2D eigenvalue weighted by molar-refractivity contribution is 7.98. The van der Waals surface area contributed by atoms with Gasteiger partial charge in [-0.15, -0.1) is 0 Å². The van der Waals surface area contributed by atoms with Crippen molar-refractivity contribution in [2.24, 2.45) is 0 Å². The molecule has 112 valence electrons. The summed E-state index contributed by atoms with van der Waals surface area (Å²) in [4.78, 5) is 35.5. The topological polar surface area (TPSA) is 84.9 Å². The average Bonchev–Trinajstić information content (AvgIpc) is 2.45. The van der Waals surface area contributed by atoms with Gasteiger partial charge in [-0.25, -0.2) is 14.8 Å². The summed E-state index contributed by atoms with van der Waals surface area (Å²) in [5.74, 6) is -0.448. The zero-order valence-corrected chi connectivity index (χ0v) is 13.2. The maximum atomic E-state index is 12.1. The highest BCUT2D eigenvalue weighted by Gasteiger charge is 2.19. The first-order valence-electron chi connectivity index (χ1n) is 6.64. The fourth-order valence-electron chi connectivity index (χ4n) is 1.97. The van der Waals surface area contributed by atoms with E-state index in [2.05, 4.69) is 15.0 Å². The number of nitrogens with one attached hydrogen (secondary N) is 1. The normalized spacial score (nSPS) is 11.1. The summed E-state index contributed by atoms with van der Waals surface area (Å²) < 4.78 is 5.04. The van der Waals surface area contributed by atoms with Crippen LogP contribution in [0.3, 0.4) is 0 Å². The van der Waals surface area contributed by atoms with Gasteiger partial charge in [0.05, 0.1) is 23.3 Å². The number of fused-ring (bicyclic) bond motifs is 1. The van der Waals surface area contributed by atoms with Gasteiger partial charge in [-0.2, -0.15) is 0 Å². The molecular weight excluding hydrogens is 290 g/mol. The van der Waals surface area contributed by atoms with Crippen LogP contribution in [0.2, 0.25) is 0 Å². The molecule has 1 N–H and O–H groups in total. The van der Waals surface area contributed by atoms with Gasteiger partial charge >= 0.3 is 5.97 Å². The standard InChI is InChI=1S/C14H17N3O3S/c1-5-20-13(19)8-6-9-11(15-10(8)7(2)3)16-14(21-4)17-12(9)18/h6-7H,5H2,1-4H3,(H,15,16,17,18). The van der Waals surface area contributed by atoms with Gasteiger partial charge in [0.2, 0.25) is 0 Å². The summed E-state index contributed by atoms with van der Waals surface area (Å²) in [5.41, 5.74) is 0.951. The van der Waals surface area contributed by atoms with E-state index in [1.165, 1.54) is 17.8 Å². The number of aromatic amines is 1. The highest BCUT2D eigenvalue weighted by atomic mass is 32.2. The molecule has 0 amide bonds. The van der Waals surface area contributed by atoms with E-state index in [1.54, 1.807) is 6.92 Å². The SMILES string of the molecule is CCOC(=O)c1cc2c(=O)[nH]c(SC)nc2nc1C(C)C. The van der Waals surface area contributed by atoms with Gasteiger partial charge in [0, 0.05) is 0 Å². The molecule has 0 fully saturated rings. The van der Waals surface area contributed by atoms with Crippen LogP contribution >= 0.6 is 11.8 Å². The quantitative estimate of drug-likeness (QED) is 0.530. The molecule has 0 atom stereocenters. The lowest BCUT2D eigenvalue weighted by molar-refractivity contribution is 0.0524. The number of H-pyrrole nitrogens is 1. The Hall–Kier alpha value is -1.89. The van der Waals surface area contributed by atoms with Gasteiger partial charge in [-0.3, -0.25) is 4.79 Å². The minimum atomic E-state index is -0.469. The first-order valence-corrected chi connectivity index (χ1v) is 7.86. The van der Waals surface area contributed by atoms with Crippen LogP contribution in [0, 0.1) is 0 Å². The minimum Gasteiger partial charge on any atom is -0.462 e. The number of hydrogen-bond acceptors (Lipinski definition) is 6. The molecule has 0 spiro atoms. The van der Waals surface area contributed by atoms with Crippen LogP contribution in [0.1, 0.15) is 42.7 Å². The maximum absolute atomic E-state index is 12.1. The molecule has 0 aliphatic heterocycles. The fraction of sp³-hybridized carbons (Fsp3) is 0.429. The third-order valence-electron chi connectivity index (χ3n) is 2.94. The van der Waals surface area contributed by atoms with E-state index in [-0.39, 0.29) is 18.1 Å². The molecule has 0 radical (unpaired) electrons. The number of ether oxygens (including phenoxy) is 1. The van der Waals surface area contributed by atoms with Crippen molar-refractivity contribution in [1.82, 2.24) is 15.0 Å². The number of hydrogen-bond donors (Lipinski definition) is 1. The Morgan fingerprint density at radius 2 is 2.14 bits per heavy atom. The molecule has 2 rings (SSSR count). The van der Waals surface area contributed by atoms with Crippen LogP contribution in [0.4, 0.5) is 0 Å². The van der Waals surface area contributed by atoms with Gasteiger partial charge in [0.25, 0.3) is 5.56 Å². The fourth-order valence-corrected chi connectivity index (χ4v) is 2.34. The summed E-state index contributed by atoms with van der Waals surface area (Å²) in [7, 11) is 0. The van der Waals surface area contributed by atoms with Crippen molar-refractivity contribution in [2.75, 3.05) is 12.9 Å². The molecule has 2 aromatic rings. The molecule has 0 bridgehead atoms. The largest absolute Gasteiger partial charge is 0.462 e. The van der Waals surface area contributed by atoms with Crippen molar-refractivity contribution in [1.29, 1.82) is 0 Å². The van der Waals surface area contributed by atoms with Crippen LogP contribution in [-0.4, -0.2) is 33.8 Å². The highest BCUT2D eigenvalue weighted by Crippen LogP contribution is 2.22. The van der Waals surface area contributed by atoms with E-state index in [0.29, 0.717) is 27.4 Å². The van der Waals surface area contributed by atoms with Gasteiger partial charge < -0.3 is 9.72 Å². The Kier molecular flexibility index (Phi) is 4.62. The number of rotatable bonds is 4. The maximum Gasteiger partial charge on any atom is 0.340 e. The second-order valence-electron chi connectivity index (χ2n) is 4.74. The Morgan fingerprint density at radius 3 is 2.71 bits per heavy atom. The summed E-state index contributed by atoms with van der Waals surface area (Å²) in [6, 6.07) is 1.52. The van der Waals surface area contributed by atoms with Crippen molar-refractivity contribution < 1.29 is 9.53 Å². The number of nitrogens with zero attached hydrogens (tertiary/aromatic N) is 2. The molecule has 21 heavy (non-hydrogen) atoms. The Balaban J connectivity index is 2.74. The van der Waals surface area contributed by atoms with Gasteiger partial charge in [0.15, 0.2) is 10.8 Å². The minimum absolute atomic E-state index is 0.0209. The number of pyridine rings is 1. The predicted molar refractivity (Wildman–Crippen MR) is 82.0 cm³/mol. The van der Waals surface area contributed by atoms with Crippen LogP contribution in [0.25, 0.3) is 11.0 Å². The third-order valence-corrected chi connectivity index (χ3v) is 3.52. The van der Waals surface area contributed by atoms with Crippen LogP contribution in [0.15, 0.2) is 16.0 Å². The lowest BCUT2D eigenvalue weighted by Crippen LogP contribution is -2.16. The Morgan fingerprint density at radius 1 is 1.43 bits per heavy atom. The molecule has 0 unspecified atom stereocenters. The summed E-state index contributed by atoms with van der Waals surface area (Å²) >= 11 is 1.33. The van der Waals surface area contributed by atoms with E-state index in [9.17, 15) is 9.59 Å². The molecule has 7 heteroatoms. The number of carbonyl (C=O) groups is 1. The van der Waals surface area contributed by atoms with E-state index < -0.39 is 5.97 Å². The number of carbonyl (C=O) groups excluding carboxylic acids is 1. The molecule has 0 saturated heterocycles. The molecule has 2 aromatic heterocycles. The lowest BCUT2D eigenvalue weighted by Gasteiger charge is -2.12. The molecule has 2 heterocycles. The summed E-state index contributed by atoms with van der Waals surface area (Å²) in [6.45, 7) is 5.87. The zero-order chi connectivity index (χ0) is 15.6. The number of aromatic nitrogens is 3. The molecule has 0 saturated carbocycles. The van der Waals surface area contributed by atoms with Gasteiger partial charge in [-0.1, -0.05) is 25.6 Å². The molecule has 6 nitrogen and oxygen atoms in total. The van der Waals surface area contributed by atoms with Crippen molar-refractivity contribution in [3.63, 3.8) is 0 Å².